The highest BCUT2D eigenvalue weighted by molar-refractivity contribution is 5.41. The fraction of sp³-hybridized carbons (Fsp3) is 0.667. The van der Waals surface area contributed by atoms with E-state index in [1.807, 2.05) is 18.3 Å². The number of nitrogens with zero attached hydrogens (tertiary/aromatic N) is 3. The summed E-state index contributed by atoms with van der Waals surface area (Å²) < 4.78 is 0. The number of anilines is 1. The Bertz CT molecular complexity index is 422. The van der Waals surface area contributed by atoms with E-state index in [0.717, 1.165) is 37.1 Å². The van der Waals surface area contributed by atoms with E-state index in [1.54, 1.807) is 0 Å². The van der Waals surface area contributed by atoms with Crippen LogP contribution in [-0.2, 0) is 6.54 Å². The minimum Gasteiger partial charge on any atom is -0.324 e. The summed E-state index contributed by atoms with van der Waals surface area (Å²) in [7, 11) is 0. The van der Waals surface area contributed by atoms with Gasteiger partial charge in [0.15, 0.2) is 0 Å². The Balaban J connectivity index is 1.50. The largest absolute Gasteiger partial charge is 0.324 e. The quantitative estimate of drug-likeness (QED) is 0.643. The van der Waals surface area contributed by atoms with E-state index < -0.39 is 0 Å². The Kier molecular flexibility index (Phi) is 4.50. The Hall–Kier alpha value is -1.17. The van der Waals surface area contributed by atoms with E-state index in [0.29, 0.717) is 0 Å². The second kappa shape index (κ2) is 6.52. The Morgan fingerprint density at radius 2 is 1.95 bits per heavy atom. The molecule has 1 aromatic rings. The SMILES string of the molecule is NNc1ccnc(CN2CCN(C3CCCC3)CC2)c1. The van der Waals surface area contributed by atoms with Crippen LogP contribution in [-0.4, -0.2) is 47.0 Å². The first-order valence-electron chi connectivity index (χ1n) is 7.73. The zero-order valence-corrected chi connectivity index (χ0v) is 12.1. The Morgan fingerprint density at radius 3 is 2.65 bits per heavy atom. The molecule has 5 nitrogen and oxygen atoms in total. The lowest BCUT2D eigenvalue weighted by Gasteiger charge is -2.37. The van der Waals surface area contributed by atoms with Gasteiger partial charge >= 0.3 is 0 Å². The highest BCUT2D eigenvalue weighted by atomic mass is 15.3. The van der Waals surface area contributed by atoms with Gasteiger partial charge in [0.25, 0.3) is 0 Å². The maximum Gasteiger partial charge on any atom is 0.0564 e. The Morgan fingerprint density at radius 1 is 1.20 bits per heavy atom. The molecule has 2 heterocycles. The van der Waals surface area contributed by atoms with Crippen LogP contribution in [0.2, 0.25) is 0 Å². The van der Waals surface area contributed by atoms with Crippen molar-refractivity contribution in [2.24, 2.45) is 5.84 Å². The molecule has 1 saturated heterocycles. The number of nitrogens with two attached hydrogens (primary N) is 1. The molecular weight excluding hydrogens is 250 g/mol. The molecule has 0 atom stereocenters. The molecule has 3 rings (SSSR count). The fourth-order valence-corrected chi connectivity index (χ4v) is 3.44. The van der Waals surface area contributed by atoms with Gasteiger partial charge in [-0.15, -0.1) is 0 Å². The van der Waals surface area contributed by atoms with Gasteiger partial charge in [-0.1, -0.05) is 12.8 Å². The van der Waals surface area contributed by atoms with Gasteiger partial charge in [-0.25, -0.2) is 0 Å². The minimum atomic E-state index is 0.861. The third kappa shape index (κ3) is 3.29. The van der Waals surface area contributed by atoms with Crippen molar-refractivity contribution in [1.82, 2.24) is 14.8 Å². The summed E-state index contributed by atoms with van der Waals surface area (Å²) in [5, 5.41) is 0. The lowest BCUT2D eigenvalue weighted by atomic mass is 10.1. The van der Waals surface area contributed by atoms with E-state index in [4.69, 9.17) is 5.84 Å². The normalized spacial score (nSPS) is 22.2. The summed E-state index contributed by atoms with van der Waals surface area (Å²) >= 11 is 0. The molecule has 0 radical (unpaired) electrons. The van der Waals surface area contributed by atoms with Crippen molar-refractivity contribution in [3.8, 4) is 0 Å². The molecule has 0 aromatic carbocycles. The van der Waals surface area contributed by atoms with Crippen LogP contribution in [0, 0.1) is 0 Å². The predicted octanol–water partition coefficient (Wildman–Crippen LogP) is 1.43. The summed E-state index contributed by atoms with van der Waals surface area (Å²) in [4.78, 5) is 9.61. The third-order valence-corrected chi connectivity index (χ3v) is 4.62. The standard InChI is InChI=1S/C15H25N5/c16-18-13-5-6-17-14(11-13)12-19-7-9-20(10-8-19)15-3-1-2-4-15/h5-6,11,15H,1-4,7-10,12,16H2,(H,17,18). The van der Waals surface area contributed by atoms with Crippen LogP contribution < -0.4 is 11.3 Å². The highest BCUT2D eigenvalue weighted by Gasteiger charge is 2.26. The molecule has 110 valence electrons. The number of hydrazine groups is 1. The molecule has 0 amide bonds. The van der Waals surface area contributed by atoms with Gasteiger partial charge in [-0.2, -0.15) is 0 Å². The van der Waals surface area contributed by atoms with Crippen LogP contribution in [0.3, 0.4) is 0 Å². The molecule has 0 bridgehead atoms. The van der Waals surface area contributed by atoms with E-state index in [1.165, 1.54) is 38.8 Å². The summed E-state index contributed by atoms with van der Waals surface area (Å²) in [6.07, 6.45) is 7.48. The molecule has 1 saturated carbocycles. The second-order valence-electron chi connectivity index (χ2n) is 5.93. The van der Waals surface area contributed by atoms with Crippen molar-refractivity contribution in [1.29, 1.82) is 0 Å². The van der Waals surface area contributed by atoms with Gasteiger partial charge in [0.2, 0.25) is 0 Å². The monoisotopic (exact) mass is 275 g/mol. The molecule has 20 heavy (non-hydrogen) atoms. The fourth-order valence-electron chi connectivity index (χ4n) is 3.44. The lowest BCUT2D eigenvalue weighted by Crippen LogP contribution is -2.49. The van der Waals surface area contributed by atoms with Gasteiger partial charge < -0.3 is 5.43 Å². The van der Waals surface area contributed by atoms with Crippen molar-refractivity contribution in [2.45, 2.75) is 38.3 Å². The van der Waals surface area contributed by atoms with Crippen LogP contribution in [0.15, 0.2) is 18.3 Å². The third-order valence-electron chi connectivity index (χ3n) is 4.62. The highest BCUT2D eigenvalue weighted by Crippen LogP contribution is 2.24. The van der Waals surface area contributed by atoms with Crippen molar-refractivity contribution in [2.75, 3.05) is 31.6 Å². The summed E-state index contributed by atoms with van der Waals surface area (Å²) in [6.45, 7) is 5.64. The number of hydrogen-bond acceptors (Lipinski definition) is 5. The molecule has 2 fully saturated rings. The van der Waals surface area contributed by atoms with Crippen molar-refractivity contribution in [3.63, 3.8) is 0 Å². The van der Waals surface area contributed by atoms with Crippen LogP contribution >= 0.6 is 0 Å². The van der Waals surface area contributed by atoms with E-state index in [9.17, 15) is 0 Å². The van der Waals surface area contributed by atoms with Gasteiger partial charge in [-0.3, -0.25) is 20.6 Å². The zero-order chi connectivity index (χ0) is 13.8. The van der Waals surface area contributed by atoms with Crippen LogP contribution in [0.4, 0.5) is 5.69 Å². The van der Waals surface area contributed by atoms with Gasteiger partial charge in [0, 0.05) is 45.0 Å². The predicted molar refractivity (Wildman–Crippen MR) is 81.2 cm³/mol. The van der Waals surface area contributed by atoms with Crippen molar-refractivity contribution >= 4 is 5.69 Å². The van der Waals surface area contributed by atoms with Crippen LogP contribution in [0.5, 0.6) is 0 Å². The van der Waals surface area contributed by atoms with E-state index in [2.05, 4.69) is 20.2 Å². The molecule has 1 aromatic heterocycles. The van der Waals surface area contributed by atoms with Gasteiger partial charge in [0.1, 0.15) is 0 Å². The lowest BCUT2D eigenvalue weighted by molar-refractivity contribution is 0.0930. The molecular formula is C15H25N5. The molecule has 2 aliphatic rings. The van der Waals surface area contributed by atoms with Crippen molar-refractivity contribution < 1.29 is 0 Å². The smallest absolute Gasteiger partial charge is 0.0564 e. The molecule has 0 unspecified atom stereocenters. The van der Waals surface area contributed by atoms with E-state index in [-0.39, 0.29) is 0 Å². The van der Waals surface area contributed by atoms with Crippen LogP contribution in [0.1, 0.15) is 31.4 Å². The average Bonchev–Trinajstić information content (AvgIpc) is 3.02. The summed E-state index contributed by atoms with van der Waals surface area (Å²) in [5.41, 5.74) is 4.70. The maximum atomic E-state index is 5.44. The second-order valence-corrected chi connectivity index (χ2v) is 5.93. The van der Waals surface area contributed by atoms with Gasteiger partial charge in [-0.05, 0) is 25.0 Å². The first-order valence-corrected chi connectivity index (χ1v) is 7.73. The first kappa shape index (κ1) is 13.8. The summed E-state index contributed by atoms with van der Waals surface area (Å²) in [6, 6.07) is 4.78. The molecule has 1 aliphatic heterocycles. The van der Waals surface area contributed by atoms with Gasteiger partial charge in [0.05, 0.1) is 11.4 Å². The van der Waals surface area contributed by atoms with E-state index >= 15 is 0 Å². The number of pyridine rings is 1. The molecule has 1 aliphatic carbocycles. The minimum absolute atomic E-state index is 0.861. The molecule has 5 heteroatoms. The number of piperazine rings is 1. The average molecular weight is 275 g/mol. The number of aromatic nitrogens is 1. The molecule has 3 N–H and O–H groups in total. The van der Waals surface area contributed by atoms with Crippen LogP contribution in [0.25, 0.3) is 0 Å². The Labute approximate surface area is 121 Å². The van der Waals surface area contributed by atoms with Crippen molar-refractivity contribution in [3.05, 3.63) is 24.0 Å². The topological polar surface area (TPSA) is 57.4 Å². The number of rotatable bonds is 4. The maximum absolute atomic E-state index is 5.44. The molecule has 0 spiro atoms. The first-order chi connectivity index (χ1) is 9.85. The number of nitrogens with one attached hydrogen (secondary N) is 1. The number of hydrogen-bond donors (Lipinski definition) is 2. The zero-order valence-electron chi connectivity index (χ0n) is 12.1. The summed E-state index contributed by atoms with van der Waals surface area (Å²) in [5.74, 6) is 5.44. The number of nitrogen functional groups attached to an aromatic ring is 1.